The van der Waals surface area contributed by atoms with Gasteiger partial charge in [0.05, 0.1) is 16.5 Å². The molecule has 16 aromatic rings. The molecule has 0 N–H and O–H groups in total. The topological polar surface area (TPSA) is 6.48 Å². The van der Waals surface area contributed by atoms with Gasteiger partial charge in [0.2, 0.25) is 0 Å². The average Bonchev–Trinajstić information content (AvgIpc) is 1.51. The monoisotopic (exact) mass is 1430 g/mol. The molecule has 0 aliphatic heterocycles. The Morgan fingerprint density at radius 2 is 0.420 bits per heavy atom. The Hall–Kier alpha value is -12.9. The van der Waals surface area contributed by atoms with Gasteiger partial charge in [0.15, 0.2) is 0 Å². The minimum absolute atomic E-state index is 0.186. The van der Waals surface area contributed by atoms with Crippen LogP contribution in [0.15, 0.2) is 340 Å². The number of anilines is 6. The third-order valence-corrected chi connectivity index (χ3v) is 28.3. The van der Waals surface area contributed by atoms with E-state index in [9.17, 15) is 0 Å². The van der Waals surface area contributed by atoms with Gasteiger partial charge in [-0.1, -0.05) is 316 Å². The summed E-state index contributed by atoms with van der Waals surface area (Å²) in [7, 11) is 0. The van der Waals surface area contributed by atoms with E-state index < -0.39 is 10.8 Å². The van der Waals surface area contributed by atoms with E-state index in [4.69, 9.17) is 0 Å². The molecule has 0 atom stereocenters. The van der Waals surface area contributed by atoms with Crippen molar-refractivity contribution in [3.05, 3.63) is 429 Å². The summed E-state index contributed by atoms with van der Waals surface area (Å²) in [6.07, 6.45) is 0. The molecule has 112 heavy (non-hydrogen) atoms. The maximum absolute atomic E-state index is 2.61. The third-order valence-electron chi connectivity index (χ3n) is 28.3. The first kappa shape index (κ1) is 64.0. The predicted molar refractivity (Wildman–Crippen MR) is 464 cm³/mol. The highest BCUT2D eigenvalue weighted by Gasteiger charge is 2.54. The normalized spacial score (nSPS) is 16.1. The van der Waals surface area contributed by atoms with Crippen LogP contribution in [0.5, 0.6) is 0 Å². The molecule has 16 aromatic carbocycles. The molecule has 0 radical (unpaired) electrons. The standard InChI is InChI=1S/C110H80N2/c1-105(2)88-35-18-16-33-84(88)104-97(105)42-25-43-103(104)112(71-48-54-81-78-32-15-24-41-96(78)110(102(81)64-71)93-38-21-12-29-75(93)76-30-13-22-39-94(76)110)70-49-55-83-85-58-65(45-56-89(85)108(7,8)100(83)62-70)66-44-51-82-86-60-67(50-57-90(86)107(5,6)98(82)59-66)111(68-46-52-79-72-26-9-17-34-87(72)106(3,4)99(79)61-68)69-47-53-80-77-31-14-23-40-95(77)109(101(80)63-69)91-36-19-10-27-73(91)74-28-11-20-37-92(74)109/h9-64H,1-8H3. The van der Waals surface area contributed by atoms with Crippen LogP contribution in [0, 0.1) is 0 Å². The van der Waals surface area contributed by atoms with Gasteiger partial charge < -0.3 is 9.80 Å². The summed E-state index contributed by atoms with van der Waals surface area (Å²) >= 11 is 0. The Morgan fingerprint density at radius 1 is 0.161 bits per heavy atom. The second-order valence-corrected chi connectivity index (χ2v) is 34.9. The van der Waals surface area contributed by atoms with Gasteiger partial charge in [0, 0.05) is 55.7 Å². The third kappa shape index (κ3) is 7.94. The molecule has 0 unspecified atom stereocenters. The van der Waals surface area contributed by atoms with E-state index in [2.05, 4.69) is 405 Å². The number of hydrogen-bond acceptors (Lipinski definition) is 2. The van der Waals surface area contributed by atoms with Crippen molar-refractivity contribution in [3.8, 4) is 100 Å². The smallest absolute Gasteiger partial charge is 0.0726 e. The van der Waals surface area contributed by atoms with Crippen molar-refractivity contribution in [1.29, 1.82) is 0 Å². The van der Waals surface area contributed by atoms with Crippen molar-refractivity contribution < 1.29 is 0 Å². The molecule has 8 aliphatic rings. The molecule has 0 saturated carbocycles. The zero-order chi connectivity index (χ0) is 74.8. The highest BCUT2D eigenvalue weighted by atomic mass is 15.2. The van der Waals surface area contributed by atoms with E-state index in [0.29, 0.717) is 0 Å². The van der Waals surface area contributed by atoms with Crippen LogP contribution in [0.2, 0.25) is 0 Å². The van der Waals surface area contributed by atoms with E-state index >= 15 is 0 Å². The lowest BCUT2D eigenvalue weighted by molar-refractivity contribution is 0.660. The van der Waals surface area contributed by atoms with Crippen LogP contribution >= 0.6 is 0 Å². The van der Waals surface area contributed by atoms with E-state index in [1.165, 1.54) is 195 Å². The first-order valence-corrected chi connectivity index (χ1v) is 40.1. The lowest BCUT2D eigenvalue weighted by Gasteiger charge is -2.33. The van der Waals surface area contributed by atoms with Gasteiger partial charge in [0.25, 0.3) is 0 Å². The Morgan fingerprint density at radius 3 is 0.866 bits per heavy atom. The number of fused-ring (bicyclic) bond motifs is 32. The van der Waals surface area contributed by atoms with E-state index in [-0.39, 0.29) is 21.7 Å². The van der Waals surface area contributed by atoms with Crippen LogP contribution in [0.25, 0.3) is 100 Å². The fraction of sp³-hybridized carbons (Fsp3) is 0.127. The molecular formula is C110H80N2. The summed E-state index contributed by atoms with van der Waals surface area (Å²) in [5, 5.41) is 0. The summed E-state index contributed by atoms with van der Waals surface area (Å²) in [4.78, 5) is 5.18. The van der Waals surface area contributed by atoms with E-state index in [1.54, 1.807) is 0 Å². The summed E-state index contributed by atoms with van der Waals surface area (Å²) in [5.41, 5.74) is 49.9. The Labute approximate surface area is 656 Å². The first-order valence-electron chi connectivity index (χ1n) is 40.1. The summed E-state index contributed by atoms with van der Waals surface area (Å²) in [6.45, 7) is 19.4. The SMILES string of the molecule is CC1(C)c2ccc(N(c3ccc4c(c3)C(C)(C)c3ccccc3-4)c3ccc4c(c3)C3(c5ccccc5-c5ccccc53)c3ccccc3-4)cc2-c2ccc(-c3ccc4c(c3)-c3ccc(N(c5ccc6c(c5)C5(c7ccccc7-c7ccccc75)c5ccccc5-6)c5cccc6c5-c5ccccc5C6(C)C)cc3C4(C)C)cc21. The van der Waals surface area contributed by atoms with Crippen LogP contribution < -0.4 is 9.80 Å². The number of rotatable bonds is 7. The van der Waals surface area contributed by atoms with Crippen molar-refractivity contribution in [2.75, 3.05) is 9.80 Å². The molecule has 8 aliphatic carbocycles. The van der Waals surface area contributed by atoms with E-state index in [1.807, 2.05) is 0 Å². The van der Waals surface area contributed by atoms with Crippen LogP contribution in [-0.2, 0) is 32.5 Å². The van der Waals surface area contributed by atoms with Gasteiger partial charge in [-0.15, -0.1) is 0 Å². The summed E-state index contributed by atoms with van der Waals surface area (Å²) in [6, 6.07) is 132. The molecule has 0 bridgehead atoms. The molecule has 0 amide bonds. The predicted octanol–water partition coefficient (Wildman–Crippen LogP) is 28.2. The molecule has 0 saturated heterocycles. The second kappa shape index (κ2) is 22.0. The van der Waals surface area contributed by atoms with Gasteiger partial charge in [-0.25, -0.2) is 0 Å². The number of hydrogen-bond donors (Lipinski definition) is 0. The summed E-state index contributed by atoms with van der Waals surface area (Å²) < 4.78 is 0. The molecule has 530 valence electrons. The lowest BCUT2D eigenvalue weighted by atomic mass is 9.70. The number of nitrogens with zero attached hydrogens (tertiary/aromatic N) is 2. The maximum Gasteiger partial charge on any atom is 0.0726 e. The van der Waals surface area contributed by atoms with Crippen molar-refractivity contribution >= 4 is 34.1 Å². The van der Waals surface area contributed by atoms with Gasteiger partial charge in [0.1, 0.15) is 0 Å². The van der Waals surface area contributed by atoms with Gasteiger partial charge in [-0.05, 0) is 262 Å². The zero-order valence-corrected chi connectivity index (χ0v) is 64.2. The molecule has 0 fully saturated rings. The largest absolute Gasteiger partial charge is 0.310 e. The Bertz CT molecular complexity index is 6790. The quantitative estimate of drug-likeness (QED) is 0.157. The van der Waals surface area contributed by atoms with Gasteiger partial charge in [-0.2, -0.15) is 0 Å². The number of benzene rings is 16. The first-order chi connectivity index (χ1) is 54.6. The fourth-order valence-corrected chi connectivity index (χ4v) is 23.2. The molecule has 2 heteroatoms. The molecule has 2 nitrogen and oxygen atoms in total. The highest BCUT2D eigenvalue weighted by molar-refractivity contribution is 6.02. The van der Waals surface area contributed by atoms with Crippen molar-refractivity contribution in [3.63, 3.8) is 0 Å². The minimum atomic E-state index is -0.492. The van der Waals surface area contributed by atoms with Gasteiger partial charge >= 0.3 is 0 Å². The minimum Gasteiger partial charge on any atom is -0.310 e. The average molecular weight is 1430 g/mol. The second-order valence-electron chi connectivity index (χ2n) is 34.9. The summed E-state index contributed by atoms with van der Waals surface area (Å²) in [5.74, 6) is 0. The molecular weight excluding hydrogens is 1350 g/mol. The zero-order valence-electron chi connectivity index (χ0n) is 64.2. The fourth-order valence-electron chi connectivity index (χ4n) is 23.2. The van der Waals surface area contributed by atoms with E-state index in [0.717, 1.165) is 28.4 Å². The molecule has 2 spiro atoms. The van der Waals surface area contributed by atoms with Gasteiger partial charge in [-0.3, -0.25) is 0 Å². The highest BCUT2D eigenvalue weighted by Crippen LogP contribution is 2.67. The molecule has 0 heterocycles. The van der Waals surface area contributed by atoms with Crippen LogP contribution in [0.4, 0.5) is 34.1 Å². The lowest BCUT2D eigenvalue weighted by Crippen LogP contribution is -2.26. The van der Waals surface area contributed by atoms with Crippen LogP contribution in [-0.4, -0.2) is 0 Å². The maximum atomic E-state index is 2.61. The van der Waals surface area contributed by atoms with Crippen molar-refractivity contribution in [2.45, 2.75) is 87.9 Å². The molecule has 0 aromatic heterocycles. The van der Waals surface area contributed by atoms with Crippen LogP contribution in [0.1, 0.15) is 144 Å². The van der Waals surface area contributed by atoms with Crippen molar-refractivity contribution in [2.24, 2.45) is 0 Å². The van der Waals surface area contributed by atoms with Crippen LogP contribution in [0.3, 0.4) is 0 Å². The molecule has 24 rings (SSSR count). The Kier molecular flexibility index (Phi) is 12.6. The van der Waals surface area contributed by atoms with Crippen molar-refractivity contribution in [1.82, 2.24) is 0 Å². The Balaban J connectivity index is 0.631.